The average molecular weight is 259 g/mol. The van der Waals surface area contributed by atoms with Crippen LogP contribution in [-0.2, 0) is 4.74 Å². The van der Waals surface area contributed by atoms with Crippen molar-refractivity contribution in [2.45, 2.75) is 32.8 Å². The van der Waals surface area contributed by atoms with Gasteiger partial charge in [0.1, 0.15) is 5.60 Å². The fraction of sp³-hybridized carbons (Fsp3) is 0.750. The maximum atomic E-state index is 11.9. The van der Waals surface area contributed by atoms with Gasteiger partial charge in [-0.15, -0.1) is 0 Å². The first-order chi connectivity index (χ1) is 7.83. The number of hydrogen-bond acceptors (Lipinski definition) is 4. The van der Waals surface area contributed by atoms with Crippen LogP contribution >= 0.6 is 11.8 Å². The smallest absolute Gasteiger partial charge is 0.410 e. The van der Waals surface area contributed by atoms with Gasteiger partial charge >= 0.3 is 6.09 Å². The number of thioether (sulfide) groups is 1. The molecular formula is C12H21NO3S. The molecule has 4 nitrogen and oxygen atoms in total. The van der Waals surface area contributed by atoms with E-state index in [1.54, 1.807) is 16.7 Å². The number of carbonyl (C=O) groups excluding carboxylic acids is 1. The number of ether oxygens (including phenoxy) is 1. The van der Waals surface area contributed by atoms with Gasteiger partial charge < -0.3 is 14.7 Å². The molecular weight excluding hydrogens is 238 g/mol. The fourth-order valence-electron chi connectivity index (χ4n) is 1.60. The van der Waals surface area contributed by atoms with E-state index in [1.807, 2.05) is 27.0 Å². The zero-order chi connectivity index (χ0) is 13.1. The van der Waals surface area contributed by atoms with Crippen LogP contribution in [0.1, 0.15) is 27.2 Å². The topological polar surface area (TPSA) is 49.8 Å². The SMILES string of the molecule is CSCC1=C(O)CCN(C(=O)OC(C)(C)C)C1. The monoisotopic (exact) mass is 259 g/mol. The van der Waals surface area contributed by atoms with Crippen LogP contribution in [0.5, 0.6) is 0 Å². The number of rotatable bonds is 2. The van der Waals surface area contributed by atoms with Crippen molar-refractivity contribution in [3.8, 4) is 0 Å². The normalized spacial score (nSPS) is 17.3. The van der Waals surface area contributed by atoms with Gasteiger partial charge in [-0.25, -0.2) is 4.79 Å². The zero-order valence-electron chi connectivity index (χ0n) is 10.9. The van der Waals surface area contributed by atoms with Crippen molar-refractivity contribution in [3.63, 3.8) is 0 Å². The average Bonchev–Trinajstić information content (AvgIpc) is 2.19. The molecule has 0 saturated carbocycles. The minimum Gasteiger partial charge on any atom is -0.512 e. The molecule has 0 unspecified atom stereocenters. The molecule has 0 bridgehead atoms. The van der Waals surface area contributed by atoms with Gasteiger partial charge in [0.05, 0.1) is 5.76 Å². The predicted molar refractivity (Wildman–Crippen MR) is 70.5 cm³/mol. The zero-order valence-corrected chi connectivity index (χ0v) is 11.8. The van der Waals surface area contributed by atoms with Gasteiger partial charge in [-0.3, -0.25) is 0 Å². The van der Waals surface area contributed by atoms with Gasteiger partial charge in [0.25, 0.3) is 0 Å². The van der Waals surface area contributed by atoms with Crippen molar-refractivity contribution in [3.05, 3.63) is 11.3 Å². The third-order valence-electron chi connectivity index (χ3n) is 2.38. The molecule has 0 radical (unpaired) electrons. The molecule has 1 N–H and O–H groups in total. The second kappa shape index (κ2) is 5.67. The Labute approximate surface area is 107 Å². The highest BCUT2D eigenvalue weighted by molar-refractivity contribution is 7.98. The summed E-state index contributed by atoms with van der Waals surface area (Å²) in [4.78, 5) is 13.5. The van der Waals surface area contributed by atoms with Gasteiger partial charge in [0.15, 0.2) is 0 Å². The van der Waals surface area contributed by atoms with Gasteiger partial charge in [-0.1, -0.05) is 0 Å². The molecule has 98 valence electrons. The van der Waals surface area contributed by atoms with Crippen LogP contribution < -0.4 is 0 Å². The lowest BCUT2D eigenvalue weighted by Gasteiger charge is -2.31. The summed E-state index contributed by atoms with van der Waals surface area (Å²) in [5, 5.41) is 9.72. The Hall–Kier alpha value is -0.840. The third kappa shape index (κ3) is 4.50. The summed E-state index contributed by atoms with van der Waals surface area (Å²) in [6.45, 7) is 6.56. The van der Waals surface area contributed by atoms with E-state index in [2.05, 4.69) is 0 Å². The highest BCUT2D eigenvalue weighted by Crippen LogP contribution is 2.20. The quantitative estimate of drug-likeness (QED) is 0.828. The molecule has 0 spiro atoms. The molecule has 0 aliphatic carbocycles. The summed E-state index contributed by atoms with van der Waals surface area (Å²) in [7, 11) is 0. The Balaban J connectivity index is 2.62. The van der Waals surface area contributed by atoms with Crippen molar-refractivity contribution in [1.82, 2.24) is 4.90 Å². The first-order valence-electron chi connectivity index (χ1n) is 5.70. The van der Waals surface area contributed by atoms with Gasteiger partial charge in [-0.2, -0.15) is 11.8 Å². The maximum absolute atomic E-state index is 11.9. The Morgan fingerprint density at radius 2 is 2.18 bits per heavy atom. The largest absolute Gasteiger partial charge is 0.512 e. The van der Waals surface area contributed by atoms with Crippen LogP contribution in [0.4, 0.5) is 4.79 Å². The number of amides is 1. The molecule has 5 heteroatoms. The third-order valence-corrected chi connectivity index (χ3v) is 3.02. The lowest BCUT2D eigenvalue weighted by molar-refractivity contribution is 0.0250. The number of aliphatic hydroxyl groups excluding tert-OH is 1. The van der Waals surface area contributed by atoms with E-state index in [1.165, 1.54) is 0 Å². The Bertz CT molecular complexity index is 320. The summed E-state index contributed by atoms with van der Waals surface area (Å²) in [5.74, 6) is 1.18. The van der Waals surface area contributed by atoms with E-state index < -0.39 is 5.60 Å². The Kier molecular flexibility index (Phi) is 4.74. The molecule has 1 aliphatic rings. The highest BCUT2D eigenvalue weighted by Gasteiger charge is 2.26. The summed E-state index contributed by atoms with van der Waals surface area (Å²) in [6.07, 6.45) is 2.20. The standard InChI is InChI=1S/C12H21NO3S/c1-12(2,3)16-11(15)13-6-5-10(14)9(7-13)8-17-4/h14H,5-8H2,1-4H3. The second-order valence-electron chi connectivity index (χ2n) is 5.14. The Morgan fingerprint density at radius 3 is 2.71 bits per heavy atom. The second-order valence-corrected chi connectivity index (χ2v) is 6.00. The van der Waals surface area contributed by atoms with Crippen molar-refractivity contribution in [2.24, 2.45) is 0 Å². The van der Waals surface area contributed by atoms with Crippen LogP contribution in [0.3, 0.4) is 0 Å². The molecule has 0 aromatic rings. The summed E-state index contributed by atoms with van der Waals surface area (Å²) in [6, 6.07) is 0. The van der Waals surface area contributed by atoms with E-state index in [0.717, 1.165) is 11.3 Å². The van der Waals surface area contributed by atoms with E-state index >= 15 is 0 Å². The molecule has 0 fully saturated rings. The van der Waals surface area contributed by atoms with Crippen LogP contribution in [0, 0.1) is 0 Å². The van der Waals surface area contributed by atoms with Crippen molar-refractivity contribution >= 4 is 17.9 Å². The lowest BCUT2D eigenvalue weighted by atomic mass is 10.1. The van der Waals surface area contributed by atoms with Crippen molar-refractivity contribution < 1.29 is 14.6 Å². The first kappa shape index (κ1) is 14.2. The van der Waals surface area contributed by atoms with E-state index in [9.17, 15) is 9.90 Å². The van der Waals surface area contributed by atoms with Crippen LogP contribution in [-0.4, -0.2) is 46.8 Å². The lowest BCUT2D eigenvalue weighted by Crippen LogP contribution is -2.41. The van der Waals surface area contributed by atoms with Gasteiger partial charge in [-0.05, 0) is 32.6 Å². The number of carbonyl (C=O) groups is 1. The summed E-state index contributed by atoms with van der Waals surface area (Å²) in [5.41, 5.74) is 0.453. The van der Waals surface area contributed by atoms with E-state index in [4.69, 9.17) is 4.74 Å². The van der Waals surface area contributed by atoms with Crippen molar-refractivity contribution in [2.75, 3.05) is 25.1 Å². The van der Waals surface area contributed by atoms with Gasteiger partial charge in [0, 0.05) is 25.3 Å². The van der Waals surface area contributed by atoms with E-state index in [-0.39, 0.29) is 6.09 Å². The summed E-state index contributed by atoms with van der Waals surface area (Å²) < 4.78 is 5.31. The number of hydrogen-bond donors (Lipinski definition) is 1. The first-order valence-corrected chi connectivity index (χ1v) is 7.09. The van der Waals surface area contributed by atoms with Crippen LogP contribution in [0.2, 0.25) is 0 Å². The molecule has 0 atom stereocenters. The van der Waals surface area contributed by atoms with Crippen LogP contribution in [0.15, 0.2) is 11.3 Å². The minimum atomic E-state index is -0.472. The van der Waals surface area contributed by atoms with Crippen LogP contribution in [0.25, 0.3) is 0 Å². The van der Waals surface area contributed by atoms with Gasteiger partial charge in [0.2, 0.25) is 0 Å². The molecule has 0 aromatic carbocycles. The fourth-order valence-corrected chi connectivity index (χ4v) is 2.21. The van der Waals surface area contributed by atoms with E-state index in [0.29, 0.717) is 25.3 Å². The predicted octanol–water partition coefficient (Wildman–Crippen LogP) is 2.80. The molecule has 1 rings (SSSR count). The molecule has 1 heterocycles. The number of aliphatic hydroxyl groups is 1. The molecule has 1 aliphatic heterocycles. The maximum Gasteiger partial charge on any atom is 0.410 e. The highest BCUT2D eigenvalue weighted by atomic mass is 32.2. The molecule has 17 heavy (non-hydrogen) atoms. The van der Waals surface area contributed by atoms with Crippen molar-refractivity contribution in [1.29, 1.82) is 0 Å². The minimum absolute atomic E-state index is 0.302. The number of nitrogens with zero attached hydrogens (tertiary/aromatic N) is 1. The molecule has 0 aromatic heterocycles. The molecule has 1 amide bonds. The Morgan fingerprint density at radius 1 is 1.53 bits per heavy atom. The molecule has 0 saturated heterocycles. The summed E-state index contributed by atoms with van der Waals surface area (Å²) >= 11 is 1.64.